The van der Waals surface area contributed by atoms with Gasteiger partial charge in [0, 0.05) is 6.07 Å². The fraction of sp³-hybridized carbons (Fsp3) is 0.176. The minimum Gasteiger partial charge on any atom is -0.496 e. The first-order chi connectivity index (χ1) is 11.8. The lowest BCUT2D eigenvalue weighted by Gasteiger charge is -2.13. The van der Waals surface area contributed by atoms with E-state index in [2.05, 4.69) is 10.6 Å². The first kappa shape index (κ1) is 18.3. The van der Waals surface area contributed by atoms with Crippen LogP contribution in [0.2, 0.25) is 0 Å². The Morgan fingerprint density at radius 2 is 1.96 bits per heavy atom. The number of aryl methyl sites for hydroxylation is 2. The van der Waals surface area contributed by atoms with Crippen molar-refractivity contribution in [1.29, 1.82) is 0 Å². The number of nitrogens with zero attached hydrogens (tertiary/aromatic N) is 1. The van der Waals surface area contributed by atoms with E-state index in [1.54, 1.807) is 31.2 Å². The highest BCUT2D eigenvalue weighted by molar-refractivity contribution is 7.80. The molecule has 0 aromatic heterocycles. The highest BCUT2D eigenvalue weighted by Gasteiger charge is 2.18. The summed E-state index contributed by atoms with van der Waals surface area (Å²) in [6, 6.07) is 9.84. The van der Waals surface area contributed by atoms with Crippen LogP contribution in [0.1, 0.15) is 21.5 Å². The number of nitro benzene ring substituents is 1. The maximum Gasteiger partial charge on any atom is 0.292 e. The van der Waals surface area contributed by atoms with Gasteiger partial charge in [-0.15, -0.1) is 0 Å². The summed E-state index contributed by atoms with van der Waals surface area (Å²) in [6.07, 6.45) is 0. The van der Waals surface area contributed by atoms with Crippen molar-refractivity contribution in [2.75, 3.05) is 12.4 Å². The second kappa shape index (κ2) is 7.71. The molecule has 2 aromatic carbocycles. The van der Waals surface area contributed by atoms with Gasteiger partial charge in [0.25, 0.3) is 11.6 Å². The molecule has 0 aliphatic carbocycles. The summed E-state index contributed by atoms with van der Waals surface area (Å²) in [5.41, 5.74) is 1.96. The van der Waals surface area contributed by atoms with E-state index in [1.807, 2.05) is 13.0 Å². The SMILES string of the molecule is COc1c(C)cccc1C(=O)NC(=S)Nc1ccc(C)cc1[N+](=O)[O-]. The van der Waals surface area contributed by atoms with E-state index >= 15 is 0 Å². The molecule has 130 valence electrons. The van der Waals surface area contributed by atoms with Crippen molar-refractivity contribution in [3.05, 3.63) is 63.2 Å². The number of hydrogen-bond acceptors (Lipinski definition) is 5. The van der Waals surface area contributed by atoms with Gasteiger partial charge in [-0.05, 0) is 49.3 Å². The summed E-state index contributed by atoms with van der Waals surface area (Å²) in [5.74, 6) is -0.0167. The van der Waals surface area contributed by atoms with Crippen LogP contribution in [0.5, 0.6) is 5.75 Å². The molecular weight excluding hydrogens is 342 g/mol. The number of anilines is 1. The Labute approximate surface area is 150 Å². The molecule has 0 fully saturated rings. The Kier molecular flexibility index (Phi) is 5.66. The number of para-hydroxylation sites is 1. The molecule has 0 heterocycles. The van der Waals surface area contributed by atoms with Crippen molar-refractivity contribution in [3.63, 3.8) is 0 Å². The Morgan fingerprint density at radius 1 is 1.24 bits per heavy atom. The molecule has 0 unspecified atom stereocenters. The summed E-state index contributed by atoms with van der Waals surface area (Å²) in [6.45, 7) is 3.57. The summed E-state index contributed by atoms with van der Waals surface area (Å²) >= 11 is 5.10. The number of methoxy groups -OCH3 is 1. The zero-order valence-electron chi connectivity index (χ0n) is 14.0. The van der Waals surface area contributed by atoms with Gasteiger partial charge in [0.05, 0.1) is 17.6 Å². The van der Waals surface area contributed by atoms with E-state index in [4.69, 9.17) is 17.0 Å². The molecule has 0 saturated heterocycles. The number of nitro groups is 1. The van der Waals surface area contributed by atoms with E-state index < -0.39 is 10.8 Å². The number of thiocarbonyl (C=S) groups is 1. The second-order valence-corrected chi connectivity index (χ2v) is 5.75. The zero-order valence-corrected chi connectivity index (χ0v) is 14.8. The van der Waals surface area contributed by atoms with Gasteiger partial charge in [-0.2, -0.15) is 0 Å². The molecular formula is C17H17N3O4S. The Balaban J connectivity index is 2.18. The minimum absolute atomic E-state index is 0.0412. The van der Waals surface area contributed by atoms with Gasteiger partial charge < -0.3 is 10.1 Å². The number of ether oxygens (including phenoxy) is 1. The van der Waals surface area contributed by atoms with E-state index in [9.17, 15) is 14.9 Å². The number of hydrogen-bond donors (Lipinski definition) is 2. The van der Waals surface area contributed by atoms with E-state index in [1.165, 1.54) is 13.2 Å². The van der Waals surface area contributed by atoms with Crippen LogP contribution >= 0.6 is 12.2 Å². The molecule has 2 N–H and O–H groups in total. The monoisotopic (exact) mass is 359 g/mol. The molecule has 8 heteroatoms. The van der Waals surface area contributed by atoms with Gasteiger partial charge in [0.1, 0.15) is 11.4 Å². The van der Waals surface area contributed by atoms with Gasteiger partial charge in [-0.25, -0.2) is 0 Å². The second-order valence-electron chi connectivity index (χ2n) is 5.34. The van der Waals surface area contributed by atoms with Crippen LogP contribution in [-0.2, 0) is 0 Å². The fourth-order valence-corrected chi connectivity index (χ4v) is 2.53. The number of amides is 1. The molecule has 0 aliphatic rings. The first-order valence-corrected chi connectivity index (χ1v) is 7.75. The average Bonchev–Trinajstić information content (AvgIpc) is 2.55. The van der Waals surface area contributed by atoms with Crippen molar-refractivity contribution in [2.24, 2.45) is 0 Å². The largest absolute Gasteiger partial charge is 0.496 e. The topological polar surface area (TPSA) is 93.5 Å². The minimum atomic E-state index is -0.511. The quantitative estimate of drug-likeness (QED) is 0.494. The van der Waals surface area contributed by atoms with E-state index in [0.29, 0.717) is 11.3 Å². The molecule has 0 bridgehead atoms. The van der Waals surface area contributed by atoms with Crippen LogP contribution in [0.15, 0.2) is 36.4 Å². The molecule has 0 spiro atoms. The highest BCUT2D eigenvalue weighted by atomic mass is 32.1. The predicted octanol–water partition coefficient (Wildman–Crippen LogP) is 3.35. The average molecular weight is 359 g/mol. The maximum absolute atomic E-state index is 12.4. The van der Waals surface area contributed by atoms with Crippen LogP contribution in [0.25, 0.3) is 0 Å². The normalized spacial score (nSPS) is 10.0. The first-order valence-electron chi connectivity index (χ1n) is 7.34. The molecule has 2 rings (SSSR count). The van der Waals surface area contributed by atoms with Gasteiger partial charge in [-0.1, -0.05) is 18.2 Å². The van der Waals surface area contributed by atoms with Crippen molar-refractivity contribution in [3.8, 4) is 5.75 Å². The molecule has 2 aromatic rings. The van der Waals surface area contributed by atoms with Gasteiger partial charge >= 0.3 is 0 Å². The lowest BCUT2D eigenvalue weighted by atomic mass is 10.1. The number of benzene rings is 2. The lowest BCUT2D eigenvalue weighted by Crippen LogP contribution is -2.34. The Morgan fingerprint density at radius 3 is 2.60 bits per heavy atom. The van der Waals surface area contributed by atoms with Gasteiger partial charge in [0.2, 0.25) is 0 Å². The third kappa shape index (κ3) is 4.30. The van der Waals surface area contributed by atoms with Crippen LogP contribution in [0.3, 0.4) is 0 Å². The van der Waals surface area contributed by atoms with Crippen LogP contribution in [0, 0.1) is 24.0 Å². The van der Waals surface area contributed by atoms with Crippen LogP contribution in [-0.4, -0.2) is 23.1 Å². The van der Waals surface area contributed by atoms with E-state index in [0.717, 1.165) is 11.1 Å². The zero-order chi connectivity index (χ0) is 18.6. The molecule has 7 nitrogen and oxygen atoms in total. The van der Waals surface area contributed by atoms with Crippen molar-refractivity contribution < 1.29 is 14.5 Å². The summed E-state index contributed by atoms with van der Waals surface area (Å²) < 4.78 is 5.25. The Hall–Kier alpha value is -3.00. The van der Waals surface area contributed by atoms with Crippen molar-refractivity contribution in [2.45, 2.75) is 13.8 Å². The molecule has 0 aliphatic heterocycles. The number of carbonyl (C=O) groups excluding carboxylic acids is 1. The van der Waals surface area contributed by atoms with E-state index in [-0.39, 0.29) is 16.5 Å². The van der Waals surface area contributed by atoms with Crippen molar-refractivity contribution in [1.82, 2.24) is 5.32 Å². The summed E-state index contributed by atoms with van der Waals surface area (Å²) in [4.78, 5) is 23.0. The molecule has 25 heavy (non-hydrogen) atoms. The predicted molar refractivity (Wildman–Crippen MR) is 99.3 cm³/mol. The lowest BCUT2D eigenvalue weighted by molar-refractivity contribution is -0.383. The fourth-order valence-electron chi connectivity index (χ4n) is 2.32. The molecule has 0 radical (unpaired) electrons. The standard InChI is InChI=1S/C17H17N3O4S/c1-10-7-8-13(14(9-10)20(22)23)18-17(25)19-16(21)12-6-4-5-11(2)15(12)24-3/h4-9H,1-3H3,(H2,18,19,21,25). The smallest absolute Gasteiger partial charge is 0.292 e. The number of carbonyl (C=O) groups is 1. The number of nitrogens with one attached hydrogen (secondary N) is 2. The van der Waals surface area contributed by atoms with Crippen LogP contribution < -0.4 is 15.4 Å². The Bertz CT molecular complexity index is 852. The maximum atomic E-state index is 12.4. The number of rotatable bonds is 4. The third-order valence-corrected chi connectivity index (χ3v) is 3.69. The molecule has 0 saturated carbocycles. The van der Waals surface area contributed by atoms with Gasteiger partial charge in [0.15, 0.2) is 5.11 Å². The summed E-state index contributed by atoms with van der Waals surface area (Å²) in [5, 5.41) is 16.3. The summed E-state index contributed by atoms with van der Waals surface area (Å²) in [7, 11) is 1.48. The molecule has 0 atom stereocenters. The molecule has 1 amide bonds. The van der Waals surface area contributed by atoms with Crippen molar-refractivity contribution >= 4 is 34.6 Å². The van der Waals surface area contributed by atoms with Gasteiger partial charge in [-0.3, -0.25) is 20.2 Å². The van der Waals surface area contributed by atoms with Crippen LogP contribution in [0.4, 0.5) is 11.4 Å². The highest BCUT2D eigenvalue weighted by Crippen LogP contribution is 2.25. The third-order valence-electron chi connectivity index (χ3n) is 3.49.